The maximum absolute atomic E-state index is 6.18. The average Bonchev–Trinajstić information content (AvgIpc) is 3.03. The number of ether oxygens (including phenoxy) is 2. The number of rotatable bonds is 7. The normalized spacial score (nSPS) is 18.7. The Hall–Kier alpha value is -0.770. The summed E-state index contributed by atoms with van der Waals surface area (Å²) in [6, 6.07) is 4.04. The molecule has 4 heteroatoms. The van der Waals surface area contributed by atoms with Gasteiger partial charge >= 0.3 is 0 Å². The van der Waals surface area contributed by atoms with Crippen molar-refractivity contribution in [3.8, 4) is 5.75 Å². The third-order valence-corrected chi connectivity index (χ3v) is 4.65. The molecule has 0 amide bonds. The summed E-state index contributed by atoms with van der Waals surface area (Å²) in [6.07, 6.45) is 4.75. The van der Waals surface area contributed by atoms with E-state index in [2.05, 4.69) is 5.32 Å². The predicted octanol–water partition coefficient (Wildman–Crippen LogP) is 3.18. The standard InChI is InChI=1S/C16H22ClNO2/c1-19-7-5-16(3-4-16)11-18-10-13-9-14(17)8-12-2-6-20-15(12)13/h8-9,18H,2-7,10-11H2,1H3. The SMILES string of the molecule is COCCC1(CNCc2cc(Cl)cc3c2OCC3)CC1. The molecule has 0 bridgehead atoms. The molecule has 0 radical (unpaired) electrons. The van der Waals surface area contributed by atoms with Crippen molar-refractivity contribution in [3.63, 3.8) is 0 Å². The first-order valence-electron chi connectivity index (χ1n) is 7.36. The molecule has 1 heterocycles. The number of hydrogen-bond acceptors (Lipinski definition) is 3. The number of halogens is 1. The van der Waals surface area contributed by atoms with Crippen LogP contribution in [-0.4, -0.2) is 26.9 Å². The lowest BCUT2D eigenvalue weighted by Gasteiger charge is -2.16. The molecule has 0 atom stereocenters. The molecule has 20 heavy (non-hydrogen) atoms. The molecule has 110 valence electrons. The third-order valence-electron chi connectivity index (χ3n) is 4.43. The van der Waals surface area contributed by atoms with Crippen LogP contribution in [-0.2, 0) is 17.7 Å². The maximum atomic E-state index is 6.18. The molecule has 0 unspecified atom stereocenters. The van der Waals surface area contributed by atoms with E-state index in [0.717, 1.165) is 49.9 Å². The quantitative estimate of drug-likeness (QED) is 0.838. The van der Waals surface area contributed by atoms with Gasteiger partial charge in [0.05, 0.1) is 6.61 Å². The second-order valence-electron chi connectivity index (χ2n) is 6.00. The van der Waals surface area contributed by atoms with Gasteiger partial charge in [0.1, 0.15) is 5.75 Å². The summed E-state index contributed by atoms with van der Waals surface area (Å²) in [5, 5.41) is 4.39. The fourth-order valence-electron chi connectivity index (χ4n) is 2.95. The molecule has 0 aromatic heterocycles. The largest absolute Gasteiger partial charge is 0.493 e. The molecule has 0 spiro atoms. The van der Waals surface area contributed by atoms with Gasteiger partial charge in [-0.3, -0.25) is 0 Å². The van der Waals surface area contributed by atoms with E-state index < -0.39 is 0 Å². The van der Waals surface area contributed by atoms with Crippen LogP contribution in [0.4, 0.5) is 0 Å². The molecule has 1 aliphatic heterocycles. The maximum Gasteiger partial charge on any atom is 0.127 e. The Labute approximate surface area is 125 Å². The number of benzene rings is 1. The summed E-state index contributed by atoms with van der Waals surface area (Å²) in [7, 11) is 1.77. The van der Waals surface area contributed by atoms with Crippen molar-refractivity contribution in [2.24, 2.45) is 5.41 Å². The Bertz CT molecular complexity index is 486. The molecule has 1 aliphatic carbocycles. The summed E-state index contributed by atoms with van der Waals surface area (Å²) in [6.45, 7) is 3.52. The van der Waals surface area contributed by atoms with Crippen molar-refractivity contribution in [2.75, 3.05) is 26.9 Å². The van der Waals surface area contributed by atoms with Gasteiger partial charge in [-0.05, 0) is 42.4 Å². The Kier molecular flexibility index (Phi) is 4.20. The van der Waals surface area contributed by atoms with Gasteiger partial charge in [-0.15, -0.1) is 0 Å². The minimum absolute atomic E-state index is 0.471. The lowest BCUT2D eigenvalue weighted by molar-refractivity contribution is 0.171. The van der Waals surface area contributed by atoms with Crippen LogP contribution in [0.3, 0.4) is 0 Å². The van der Waals surface area contributed by atoms with Crippen molar-refractivity contribution in [3.05, 3.63) is 28.3 Å². The van der Waals surface area contributed by atoms with Crippen molar-refractivity contribution in [2.45, 2.75) is 32.2 Å². The number of fused-ring (bicyclic) bond motifs is 1. The van der Waals surface area contributed by atoms with E-state index in [1.165, 1.54) is 24.0 Å². The van der Waals surface area contributed by atoms with Gasteiger partial charge in [-0.25, -0.2) is 0 Å². The van der Waals surface area contributed by atoms with Crippen molar-refractivity contribution in [1.82, 2.24) is 5.32 Å². The summed E-state index contributed by atoms with van der Waals surface area (Å²) in [5.74, 6) is 1.05. The zero-order valence-electron chi connectivity index (χ0n) is 12.0. The van der Waals surface area contributed by atoms with Crippen LogP contribution in [0, 0.1) is 5.41 Å². The van der Waals surface area contributed by atoms with Gasteiger partial charge in [0.2, 0.25) is 0 Å². The highest BCUT2D eigenvalue weighted by molar-refractivity contribution is 6.30. The molecule has 1 fully saturated rings. The van der Waals surface area contributed by atoms with Crippen LogP contribution < -0.4 is 10.1 Å². The molecule has 3 rings (SSSR count). The minimum atomic E-state index is 0.471. The highest BCUT2D eigenvalue weighted by Crippen LogP contribution is 2.48. The smallest absolute Gasteiger partial charge is 0.127 e. The van der Waals surface area contributed by atoms with E-state index >= 15 is 0 Å². The van der Waals surface area contributed by atoms with E-state index in [0.29, 0.717) is 5.41 Å². The first kappa shape index (κ1) is 14.2. The Morgan fingerprint density at radius 3 is 3.00 bits per heavy atom. The van der Waals surface area contributed by atoms with Crippen LogP contribution in [0.1, 0.15) is 30.4 Å². The molecule has 3 nitrogen and oxygen atoms in total. The molecule has 2 aliphatic rings. The molecule has 1 aromatic carbocycles. The topological polar surface area (TPSA) is 30.5 Å². The molecule has 1 aromatic rings. The lowest BCUT2D eigenvalue weighted by Crippen LogP contribution is -2.24. The van der Waals surface area contributed by atoms with E-state index in [1.807, 2.05) is 12.1 Å². The van der Waals surface area contributed by atoms with Crippen LogP contribution in [0.2, 0.25) is 5.02 Å². The average molecular weight is 296 g/mol. The number of methoxy groups -OCH3 is 1. The predicted molar refractivity (Wildman–Crippen MR) is 80.5 cm³/mol. The lowest BCUT2D eigenvalue weighted by atomic mass is 10.0. The van der Waals surface area contributed by atoms with Gasteiger partial charge in [0.15, 0.2) is 0 Å². The highest BCUT2D eigenvalue weighted by atomic mass is 35.5. The number of nitrogens with one attached hydrogen (secondary N) is 1. The van der Waals surface area contributed by atoms with Gasteiger partial charge in [-0.1, -0.05) is 11.6 Å². The van der Waals surface area contributed by atoms with Crippen molar-refractivity contribution in [1.29, 1.82) is 0 Å². The molecule has 1 N–H and O–H groups in total. The molecular weight excluding hydrogens is 274 g/mol. The van der Waals surface area contributed by atoms with Gasteiger partial charge in [0.25, 0.3) is 0 Å². The van der Waals surface area contributed by atoms with E-state index in [1.54, 1.807) is 7.11 Å². The zero-order valence-corrected chi connectivity index (χ0v) is 12.8. The monoisotopic (exact) mass is 295 g/mol. The second kappa shape index (κ2) is 5.92. The van der Waals surface area contributed by atoms with Gasteiger partial charge < -0.3 is 14.8 Å². The minimum Gasteiger partial charge on any atom is -0.493 e. The van der Waals surface area contributed by atoms with E-state index in [4.69, 9.17) is 21.1 Å². The van der Waals surface area contributed by atoms with E-state index in [9.17, 15) is 0 Å². The first-order valence-corrected chi connectivity index (χ1v) is 7.74. The molecule has 0 saturated heterocycles. The second-order valence-corrected chi connectivity index (χ2v) is 6.43. The van der Waals surface area contributed by atoms with Crippen LogP contribution in [0.5, 0.6) is 5.75 Å². The highest BCUT2D eigenvalue weighted by Gasteiger charge is 2.41. The summed E-state index contributed by atoms with van der Waals surface area (Å²) in [5.41, 5.74) is 2.90. The Balaban J connectivity index is 1.57. The van der Waals surface area contributed by atoms with Crippen LogP contribution >= 0.6 is 11.6 Å². The Morgan fingerprint density at radius 1 is 1.40 bits per heavy atom. The number of hydrogen-bond donors (Lipinski definition) is 1. The molecular formula is C16H22ClNO2. The fraction of sp³-hybridized carbons (Fsp3) is 0.625. The van der Waals surface area contributed by atoms with Gasteiger partial charge in [0, 0.05) is 43.8 Å². The molecule has 1 saturated carbocycles. The zero-order chi connectivity index (χ0) is 14.0. The third kappa shape index (κ3) is 3.11. The summed E-state index contributed by atoms with van der Waals surface area (Å²) >= 11 is 6.18. The Morgan fingerprint density at radius 2 is 2.25 bits per heavy atom. The van der Waals surface area contributed by atoms with Crippen LogP contribution in [0.25, 0.3) is 0 Å². The van der Waals surface area contributed by atoms with Gasteiger partial charge in [-0.2, -0.15) is 0 Å². The van der Waals surface area contributed by atoms with Crippen molar-refractivity contribution >= 4 is 11.6 Å². The van der Waals surface area contributed by atoms with Crippen LogP contribution in [0.15, 0.2) is 12.1 Å². The summed E-state index contributed by atoms with van der Waals surface area (Å²) in [4.78, 5) is 0. The summed E-state index contributed by atoms with van der Waals surface area (Å²) < 4.78 is 10.9. The van der Waals surface area contributed by atoms with Crippen molar-refractivity contribution < 1.29 is 9.47 Å². The van der Waals surface area contributed by atoms with E-state index in [-0.39, 0.29) is 0 Å². The fourth-order valence-corrected chi connectivity index (χ4v) is 3.21. The first-order chi connectivity index (χ1) is 9.72.